The van der Waals surface area contributed by atoms with E-state index in [9.17, 15) is 0 Å². The van der Waals surface area contributed by atoms with Crippen LogP contribution in [-0.2, 0) is 0 Å². The first-order chi connectivity index (χ1) is 17.5. The van der Waals surface area contributed by atoms with Crippen molar-refractivity contribution in [3.63, 3.8) is 0 Å². The first-order valence-corrected chi connectivity index (χ1v) is 18.0. The van der Waals surface area contributed by atoms with Crippen molar-refractivity contribution < 1.29 is 4.48 Å². The molecular weight excluding hydrogens is 455 g/mol. The number of hydrogen-bond donors (Lipinski definition) is 0. The van der Waals surface area contributed by atoms with Gasteiger partial charge in [0.15, 0.2) is 0 Å². The van der Waals surface area contributed by atoms with Crippen LogP contribution in [0.3, 0.4) is 0 Å². The van der Waals surface area contributed by atoms with Crippen LogP contribution in [-0.4, -0.2) is 54.9 Å². The van der Waals surface area contributed by atoms with Gasteiger partial charge in [0.05, 0.1) is 26.6 Å². The smallest absolute Gasteiger partial charge is 0.119 e. The molecule has 36 heavy (non-hydrogen) atoms. The predicted octanol–water partition coefficient (Wildman–Crippen LogP) is 10.7. The third-order valence-corrected chi connectivity index (χ3v) is 12.1. The highest BCUT2D eigenvalue weighted by Gasteiger charge is 2.37. The molecule has 2 nitrogen and oxygen atoms in total. The van der Waals surface area contributed by atoms with Gasteiger partial charge >= 0.3 is 0 Å². The second-order valence-electron chi connectivity index (χ2n) is 13.1. The molecule has 2 aliphatic rings. The number of hydrogen-bond acceptors (Lipinski definition) is 1. The summed E-state index contributed by atoms with van der Waals surface area (Å²) in [5, 5.41) is 0. The Kier molecular flexibility index (Phi) is 17.0. The quantitative estimate of drug-likeness (QED) is 0.0928. The van der Waals surface area contributed by atoms with Crippen LogP contribution in [0.1, 0.15) is 155 Å². The SMILES string of the molecule is CCCCCCCCN(CCCCCCCC)/C(=C\[N+](C)(C)C)P(C1CCCCC1)C1CCCCC1. The lowest BCUT2D eigenvalue weighted by molar-refractivity contribution is -0.817. The molecule has 0 aromatic rings. The summed E-state index contributed by atoms with van der Waals surface area (Å²) in [5.41, 5.74) is 3.83. The molecule has 0 heterocycles. The highest BCUT2D eigenvalue weighted by Crippen LogP contribution is 2.62. The minimum Gasteiger partial charge on any atom is -0.367 e. The molecule has 2 rings (SSSR count). The van der Waals surface area contributed by atoms with Crippen molar-refractivity contribution in [2.24, 2.45) is 0 Å². The zero-order valence-electron chi connectivity index (χ0n) is 25.5. The molecule has 0 radical (unpaired) electrons. The predicted molar refractivity (Wildman–Crippen MR) is 165 cm³/mol. The van der Waals surface area contributed by atoms with E-state index in [-0.39, 0.29) is 7.92 Å². The fourth-order valence-electron chi connectivity index (χ4n) is 6.56. The second kappa shape index (κ2) is 19.1. The molecule has 0 aliphatic heterocycles. The summed E-state index contributed by atoms with van der Waals surface area (Å²) in [6.07, 6.45) is 34.7. The van der Waals surface area contributed by atoms with Crippen LogP contribution in [0.15, 0.2) is 11.6 Å². The van der Waals surface area contributed by atoms with E-state index in [1.165, 1.54) is 154 Å². The largest absolute Gasteiger partial charge is 0.367 e. The van der Waals surface area contributed by atoms with E-state index < -0.39 is 0 Å². The summed E-state index contributed by atoms with van der Waals surface area (Å²) in [4.78, 5) is 2.98. The number of unbranched alkanes of at least 4 members (excludes halogenated alkanes) is 10. The normalized spacial score (nSPS) is 18.8. The van der Waals surface area contributed by atoms with Gasteiger partial charge in [-0.15, -0.1) is 0 Å². The van der Waals surface area contributed by atoms with Crippen LogP contribution in [0.25, 0.3) is 0 Å². The highest BCUT2D eigenvalue weighted by atomic mass is 31.1. The molecule has 0 aromatic heterocycles. The molecule has 212 valence electrons. The number of rotatable bonds is 19. The molecule has 2 aliphatic carbocycles. The molecular formula is C33H66N2P+. The minimum atomic E-state index is -0.0531. The Hall–Kier alpha value is -0.0700. The molecule has 3 heteroatoms. The molecule has 0 amide bonds. The van der Waals surface area contributed by atoms with E-state index in [0.29, 0.717) is 0 Å². The Morgan fingerprint density at radius 3 is 1.39 bits per heavy atom. The minimum absolute atomic E-state index is 0.0531. The first kappa shape index (κ1) is 32.1. The van der Waals surface area contributed by atoms with E-state index in [0.717, 1.165) is 15.8 Å². The Bertz CT molecular complexity index is 521. The molecule has 0 bridgehead atoms. The van der Waals surface area contributed by atoms with Crippen molar-refractivity contribution >= 4 is 7.92 Å². The molecule has 0 spiro atoms. The van der Waals surface area contributed by atoms with Crippen LogP contribution in [0.5, 0.6) is 0 Å². The fraction of sp³-hybridized carbons (Fsp3) is 0.939. The van der Waals surface area contributed by atoms with E-state index in [2.05, 4.69) is 46.1 Å². The topological polar surface area (TPSA) is 3.24 Å². The maximum atomic E-state index is 2.98. The van der Waals surface area contributed by atoms with Gasteiger partial charge in [0.2, 0.25) is 0 Å². The lowest BCUT2D eigenvalue weighted by atomic mass is 9.99. The van der Waals surface area contributed by atoms with E-state index in [1.807, 2.05) is 5.44 Å². The number of nitrogens with zero attached hydrogens (tertiary/aromatic N) is 2. The van der Waals surface area contributed by atoms with Crippen LogP contribution in [0.4, 0.5) is 0 Å². The maximum absolute atomic E-state index is 2.98. The second-order valence-corrected chi connectivity index (χ2v) is 15.9. The molecule has 0 unspecified atom stereocenters. The van der Waals surface area contributed by atoms with Crippen LogP contribution in [0, 0.1) is 0 Å². The van der Waals surface area contributed by atoms with Gasteiger partial charge in [-0.1, -0.05) is 117 Å². The molecule has 0 N–H and O–H groups in total. The highest BCUT2D eigenvalue weighted by molar-refractivity contribution is 7.63. The Morgan fingerprint density at radius 1 is 0.611 bits per heavy atom. The number of quaternary nitrogens is 1. The van der Waals surface area contributed by atoms with E-state index >= 15 is 0 Å². The van der Waals surface area contributed by atoms with Crippen molar-refractivity contribution in [2.45, 2.75) is 166 Å². The maximum Gasteiger partial charge on any atom is 0.119 e. The third-order valence-electron chi connectivity index (χ3n) is 8.59. The lowest BCUT2D eigenvalue weighted by Crippen LogP contribution is -2.35. The van der Waals surface area contributed by atoms with Crippen molar-refractivity contribution in [3.8, 4) is 0 Å². The van der Waals surface area contributed by atoms with Gasteiger partial charge < -0.3 is 9.38 Å². The van der Waals surface area contributed by atoms with Gasteiger partial charge in [-0.05, 0) is 57.8 Å². The summed E-state index contributed by atoms with van der Waals surface area (Å²) in [6, 6.07) is 0. The van der Waals surface area contributed by atoms with Crippen LogP contribution >= 0.6 is 7.92 Å². The Labute approximate surface area is 229 Å². The molecule has 0 atom stereocenters. The summed E-state index contributed by atoms with van der Waals surface area (Å²) in [6.45, 7) is 7.29. The van der Waals surface area contributed by atoms with Gasteiger partial charge in [0.25, 0.3) is 0 Å². The van der Waals surface area contributed by atoms with Gasteiger partial charge in [-0.2, -0.15) is 0 Å². The molecule has 0 aromatic carbocycles. The standard InChI is InChI=1S/C33H66N2P/c1-6-8-10-12-14-22-28-34(29-23-15-13-11-9-7-2)33(30-35(3,4)5)36(31-24-18-16-19-25-31)32-26-20-17-21-27-32/h30-32H,6-29H2,1-5H3/q+1/b33-30+. The third kappa shape index (κ3) is 13.1. The van der Waals surface area contributed by atoms with Crippen molar-refractivity contribution in [1.82, 2.24) is 4.90 Å². The van der Waals surface area contributed by atoms with Crippen LogP contribution in [0.2, 0.25) is 0 Å². The van der Waals surface area contributed by atoms with E-state index in [1.54, 1.807) is 0 Å². The Balaban J connectivity index is 2.22. The van der Waals surface area contributed by atoms with Gasteiger partial charge in [0.1, 0.15) is 6.20 Å². The fourth-order valence-corrected chi connectivity index (χ4v) is 10.7. The van der Waals surface area contributed by atoms with Gasteiger partial charge in [-0.25, -0.2) is 0 Å². The zero-order valence-corrected chi connectivity index (χ0v) is 26.4. The molecule has 2 saturated carbocycles. The van der Waals surface area contributed by atoms with Crippen molar-refractivity contribution in [1.29, 1.82) is 0 Å². The van der Waals surface area contributed by atoms with Gasteiger partial charge in [-0.3, -0.25) is 0 Å². The lowest BCUT2D eigenvalue weighted by Gasteiger charge is -2.44. The summed E-state index contributed by atoms with van der Waals surface area (Å²) >= 11 is 0. The van der Waals surface area contributed by atoms with Crippen LogP contribution < -0.4 is 0 Å². The zero-order chi connectivity index (χ0) is 26.1. The summed E-state index contributed by atoms with van der Waals surface area (Å²) in [5.74, 6) is 0. The Morgan fingerprint density at radius 2 is 1.00 bits per heavy atom. The van der Waals surface area contributed by atoms with Crippen molar-refractivity contribution in [3.05, 3.63) is 11.6 Å². The monoisotopic (exact) mass is 521 g/mol. The van der Waals surface area contributed by atoms with Gasteiger partial charge in [0, 0.05) is 13.1 Å². The average molecular weight is 522 g/mol. The van der Waals surface area contributed by atoms with Crippen molar-refractivity contribution in [2.75, 3.05) is 34.2 Å². The molecule has 0 saturated heterocycles. The first-order valence-electron chi connectivity index (χ1n) is 16.5. The summed E-state index contributed by atoms with van der Waals surface area (Å²) < 4.78 is 0.983. The average Bonchev–Trinajstić information content (AvgIpc) is 2.87. The van der Waals surface area contributed by atoms with E-state index in [4.69, 9.17) is 0 Å². The summed E-state index contributed by atoms with van der Waals surface area (Å²) in [7, 11) is 7.16. The molecule has 2 fully saturated rings.